The quantitative estimate of drug-likeness (QED) is 0.256. The number of fused-ring (bicyclic) bond motifs is 1. The number of amides is 2. The molecule has 0 bridgehead atoms. The number of rotatable bonds is 7. The lowest BCUT2D eigenvalue weighted by molar-refractivity contribution is -0.114. The number of hydrogen-bond donors (Lipinski definition) is 2. The molecule has 0 aliphatic rings. The molecular weight excluding hydrogens is 541 g/mol. The van der Waals surface area contributed by atoms with Gasteiger partial charge in [-0.1, -0.05) is 23.2 Å². The molecule has 1 aromatic carbocycles. The van der Waals surface area contributed by atoms with Crippen molar-refractivity contribution >= 4 is 69.0 Å². The average molecular weight is 558 g/mol. The molecule has 3 aromatic heterocycles. The SMILES string of the molecule is CCOC(=O)NC(=O)/C(C#N)=N\Nc1cc(Cl)c(-n2ncc3c2ccc(=O)n3Cc2ccsc2)c(Cl)c1. The zero-order valence-corrected chi connectivity index (χ0v) is 21.4. The second-order valence-electron chi connectivity index (χ2n) is 7.36. The van der Waals surface area contributed by atoms with E-state index in [9.17, 15) is 19.6 Å². The molecule has 0 saturated carbocycles. The Hall–Kier alpha value is -4.18. The fourth-order valence-corrected chi connectivity index (χ4v) is 4.68. The number of benzene rings is 1. The first kappa shape index (κ1) is 25.9. The minimum atomic E-state index is -1.04. The second kappa shape index (κ2) is 11.3. The summed E-state index contributed by atoms with van der Waals surface area (Å²) < 4.78 is 7.73. The average Bonchev–Trinajstić information content (AvgIpc) is 3.51. The van der Waals surface area contributed by atoms with Crippen LogP contribution in [0.3, 0.4) is 0 Å². The Morgan fingerprint density at radius 1 is 1.22 bits per heavy atom. The van der Waals surface area contributed by atoms with Gasteiger partial charge in [-0.15, -0.1) is 0 Å². The van der Waals surface area contributed by atoms with Gasteiger partial charge in [-0.25, -0.2) is 9.48 Å². The summed E-state index contributed by atoms with van der Waals surface area (Å²) >= 11 is 14.6. The maximum absolute atomic E-state index is 12.6. The number of nitrogens with zero attached hydrogens (tertiary/aromatic N) is 5. The van der Waals surface area contributed by atoms with Crippen LogP contribution in [0.5, 0.6) is 0 Å². The highest BCUT2D eigenvalue weighted by Crippen LogP contribution is 2.34. The van der Waals surface area contributed by atoms with Crippen molar-refractivity contribution in [2.45, 2.75) is 13.5 Å². The van der Waals surface area contributed by atoms with Gasteiger partial charge in [0.25, 0.3) is 11.5 Å². The summed E-state index contributed by atoms with van der Waals surface area (Å²) in [5, 5.41) is 23.5. The largest absolute Gasteiger partial charge is 0.450 e. The van der Waals surface area contributed by atoms with Gasteiger partial charge in [-0.3, -0.25) is 20.3 Å². The topological polar surface area (TPSA) is 143 Å². The van der Waals surface area contributed by atoms with Gasteiger partial charge in [-0.2, -0.15) is 26.8 Å². The van der Waals surface area contributed by atoms with Crippen molar-refractivity contribution in [2.24, 2.45) is 5.10 Å². The number of nitrogens with one attached hydrogen (secondary N) is 2. The lowest BCUT2D eigenvalue weighted by Crippen LogP contribution is -2.36. The zero-order valence-electron chi connectivity index (χ0n) is 19.1. The number of ether oxygens (including phenoxy) is 1. The standard InChI is InChI=1S/C23H17Cl2N7O4S/c1-2-36-23(35)28-22(34)17(9-26)30-29-14-7-15(24)21(16(25)8-14)32-18-3-4-20(33)31(19(18)10-27-32)11-13-5-6-37-12-13/h3-8,10,12,29H,2,11H2,1H3,(H,28,34,35)/b30-17-. The van der Waals surface area contributed by atoms with Crippen LogP contribution in [0.4, 0.5) is 10.5 Å². The van der Waals surface area contributed by atoms with Crippen LogP contribution < -0.4 is 16.3 Å². The molecular formula is C23H17Cl2N7O4S. The monoisotopic (exact) mass is 557 g/mol. The Kier molecular flexibility index (Phi) is 7.88. The summed E-state index contributed by atoms with van der Waals surface area (Å²) in [7, 11) is 0. The van der Waals surface area contributed by atoms with Crippen molar-refractivity contribution in [1.82, 2.24) is 19.7 Å². The fraction of sp³-hybridized carbons (Fsp3) is 0.130. The number of anilines is 1. The first-order valence-electron chi connectivity index (χ1n) is 10.6. The van der Waals surface area contributed by atoms with E-state index >= 15 is 0 Å². The molecule has 0 spiro atoms. The van der Waals surface area contributed by atoms with Crippen LogP contribution in [0.25, 0.3) is 16.7 Å². The number of imide groups is 1. The number of alkyl carbamates (subject to hydrolysis) is 1. The smallest absolute Gasteiger partial charge is 0.414 e. The van der Waals surface area contributed by atoms with Crippen LogP contribution in [-0.2, 0) is 16.1 Å². The molecule has 11 nitrogen and oxygen atoms in total. The maximum atomic E-state index is 12.6. The Labute approximate surface area is 223 Å². The molecule has 14 heteroatoms. The molecule has 188 valence electrons. The van der Waals surface area contributed by atoms with Gasteiger partial charge in [0.15, 0.2) is 0 Å². The Bertz CT molecular complexity index is 1600. The summed E-state index contributed by atoms with van der Waals surface area (Å²) in [5.41, 5.74) is 4.56. The number of carbonyl (C=O) groups excluding carboxylic acids is 2. The van der Waals surface area contributed by atoms with E-state index in [1.807, 2.05) is 22.1 Å². The molecule has 37 heavy (non-hydrogen) atoms. The molecule has 0 unspecified atom stereocenters. The molecule has 0 aliphatic heterocycles. The number of carbonyl (C=O) groups is 2. The molecule has 4 rings (SSSR count). The molecule has 0 atom stereocenters. The number of thiophene rings is 1. The Morgan fingerprint density at radius 2 is 1.97 bits per heavy atom. The third kappa shape index (κ3) is 5.64. The number of hydrogen-bond acceptors (Lipinski definition) is 9. The summed E-state index contributed by atoms with van der Waals surface area (Å²) in [6, 6.07) is 9.56. The van der Waals surface area contributed by atoms with E-state index in [0.717, 1.165) is 5.56 Å². The van der Waals surface area contributed by atoms with E-state index in [1.54, 1.807) is 41.2 Å². The van der Waals surface area contributed by atoms with Gasteiger partial charge in [0.1, 0.15) is 11.8 Å². The zero-order chi connectivity index (χ0) is 26.5. The Morgan fingerprint density at radius 3 is 2.62 bits per heavy atom. The summed E-state index contributed by atoms with van der Waals surface area (Å²) in [6.07, 6.45) is 0.561. The molecule has 4 aromatic rings. The second-order valence-corrected chi connectivity index (χ2v) is 8.96. The van der Waals surface area contributed by atoms with Crippen LogP contribution in [0.1, 0.15) is 12.5 Å². The van der Waals surface area contributed by atoms with Gasteiger partial charge in [0, 0.05) is 6.07 Å². The van der Waals surface area contributed by atoms with E-state index in [1.165, 1.54) is 22.9 Å². The number of pyridine rings is 1. The van der Waals surface area contributed by atoms with Crippen molar-refractivity contribution in [3.05, 3.63) is 73.3 Å². The van der Waals surface area contributed by atoms with Crippen LogP contribution in [0.15, 0.2) is 57.2 Å². The molecule has 0 radical (unpaired) electrons. The number of nitriles is 1. The van der Waals surface area contributed by atoms with Crippen LogP contribution in [0.2, 0.25) is 10.0 Å². The Balaban J connectivity index is 1.63. The van der Waals surface area contributed by atoms with Crippen LogP contribution >= 0.6 is 34.5 Å². The highest BCUT2D eigenvalue weighted by Gasteiger charge is 2.18. The van der Waals surface area contributed by atoms with Crippen molar-refractivity contribution in [3.63, 3.8) is 0 Å². The number of aromatic nitrogens is 3. The molecule has 0 saturated heterocycles. The van der Waals surface area contributed by atoms with Gasteiger partial charge in [0.2, 0.25) is 5.71 Å². The van der Waals surface area contributed by atoms with Crippen molar-refractivity contribution in [1.29, 1.82) is 5.26 Å². The van der Waals surface area contributed by atoms with Crippen molar-refractivity contribution in [3.8, 4) is 11.8 Å². The van der Waals surface area contributed by atoms with Crippen molar-refractivity contribution < 1.29 is 14.3 Å². The molecule has 2 amide bonds. The first-order valence-corrected chi connectivity index (χ1v) is 12.3. The normalized spacial score (nSPS) is 11.2. The van der Waals surface area contributed by atoms with E-state index in [4.69, 9.17) is 23.2 Å². The minimum absolute atomic E-state index is 0.0535. The molecule has 3 heterocycles. The van der Waals surface area contributed by atoms with Crippen LogP contribution in [0, 0.1) is 11.3 Å². The number of hydrazone groups is 1. The van der Waals surface area contributed by atoms with Gasteiger partial charge in [-0.05, 0) is 47.5 Å². The van der Waals surface area contributed by atoms with E-state index < -0.39 is 17.7 Å². The van der Waals surface area contributed by atoms with Crippen LogP contribution in [-0.4, -0.2) is 38.7 Å². The minimum Gasteiger partial charge on any atom is -0.450 e. The predicted octanol–water partition coefficient (Wildman–Crippen LogP) is 4.17. The van der Waals surface area contributed by atoms with E-state index in [-0.39, 0.29) is 27.9 Å². The van der Waals surface area contributed by atoms with E-state index in [0.29, 0.717) is 23.3 Å². The molecule has 0 aliphatic carbocycles. The molecule has 0 fully saturated rings. The van der Waals surface area contributed by atoms with Gasteiger partial charge >= 0.3 is 6.09 Å². The van der Waals surface area contributed by atoms with Gasteiger partial charge in [0.05, 0.1) is 46.1 Å². The highest BCUT2D eigenvalue weighted by molar-refractivity contribution is 7.07. The summed E-state index contributed by atoms with van der Waals surface area (Å²) in [6.45, 7) is 2.01. The summed E-state index contributed by atoms with van der Waals surface area (Å²) in [5.74, 6) is -1.04. The molecule has 2 N–H and O–H groups in total. The van der Waals surface area contributed by atoms with E-state index in [2.05, 4.69) is 20.4 Å². The lowest BCUT2D eigenvalue weighted by atomic mass is 10.2. The fourth-order valence-electron chi connectivity index (χ4n) is 3.38. The maximum Gasteiger partial charge on any atom is 0.414 e. The predicted molar refractivity (Wildman–Crippen MR) is 141 cm³/mol. The van der Waals surface area contributed by atoms with Gasteiger partial charge < -0.3 is 9.30 Å². The first-order chi connectivity index (χ1) is 17.8. The summed E-state index contributed by atoms with van der Waals surface area (Å²) in [4.78, 5) is 36.0. The lowest BCUT2D eigenvalue weighted by Gasteiger charge is -2.12. The van der Waals surface area contributed by atoms with Crippen molar-refractivity contribution in [2.75, 3.05) is 12.0 Å². The number of halogens is 2. The highest BCUT2D eigenvalue weighted by atomic mass is 35.5. The third-order valence-electron chi connectivity index (χ3n) is 4.99. The third-order valence-corrected chi connectivity index (χ3v) is 6.29.